The zero-order valence-corrected chi connectivity index (χ0v) is 14.0. The number of likely N-dealkylation sites (N-methyl/N-ethyl adjacent to an activating group) is 1. The lowest BCUT2D eigenvalue weighted by Crippen LogP contribution is -2.39. The maximum absolute atomic E-state index is 10.2. The Kier molecular flexibility index (Phi) is 5.28. The van der Waals surface area contributed by atoms with Gasteiger partial charge in [0.05, 0.1) is 0 Å². The van der Waals surface area contributed by atoms with Gasteiger partial charge in [0, 0.05) is 12.6 Å². The molecule has 1 aliphatic rings. The molecule has 3 nitrogen and oxygen atoms in total. The monoisotopic (exact) mass is 291 g/mol. The van der Waals surface area contributed by atoms with Gasteiger partial charge in [0.2, 0.25) is 0 Å². The summed E-state index contributed by atoms with van der Waals surface area (Å²) in [5.41, 5.74) is 3.52. The third-order valence-electron chi connectivity index (χ3n) is 4.79. The highest BCUT2D eigenvalue weighted by molar-refractivity contribution is 5.44. The van der Waals surface area contributed by atoms with Crippen molar-refractivity contribution < 1.29 is 9.84 Å². The molecule has 0 saturated heterocycles. The molecule has 1 aromatic carbocycles. The number of rotatable bonds is 7. The van der Waals surface area contributed by atoms with Gasteiger partial charge in [-0.3, -0.25) is 0 Å². The SMILES string of the molecule is Cc1ccc(C)c(OCC(O)CN(C)C(C)C2CC2)c1C. The maximum atomic E-state index is 10.2. The van der Waals surface area contributed by atoms with Crippen LogP contribution in [0, 0.1) is 26.7 Å². The van der Waals surface area contributed by atoms with E-state index >= 15 is 0 Å². The lowest BCUT2D eigenvalue weighted by atomic mass is 10.1. The molecule has 2 atom stereocenters. The van der Waals surface area contributed by atoms with Crippen LogP contribution in [0.5, 0.6) is 5.75 Å². The van der Waals surface area contributed by atoms with Crippen molar-refractivity contribution in [2.24, 2.45) is 5.92 Å². The molecule has 1 aromatic rings. The Labute approximate surface area is 128 Å². The molecule has 0 aromatic heterocycles. The van der Waals surface area contributed by atoms with Crippen molar-refractivity contribution in [3.05, 3.63) is 28.8 Å². The second-order valence-electron chi connectivity index (χ2n) is 6.64. The van der Waals surface area contributed by atoms with Crippen molar-refractivity contribution in [1.29, 1.82) is 0 Å². The Morgan fingerprint density at radius 2 is 1.86 bits per heavy atom. The standard InChI is InChI=1S/C18H29NO2/c1-12-6-7-13(2)18(14(12)3)21-11-17(20)10-19(5)15(4)16-8-9-16/h6-7,15-17,20H,8-11H2,1-5H3. The summed E-state index contributed by atoms with van der Waals surface area (Å²) in [6.07, 6.45) is 2.22. The second kappa shape index (κ2) is 6.80. The lowest BCUT2D eigenvalue weighted by Gasteiger charge is -2.27. The van der Waals surface area contributed by atoms with E-state index in [4.69, 9.17) is 4.74 Å². The minimum absolute atomic E-state index is 0.354. The average Bonchev–Trinajstić information content (AvgIpc) is 3.26. The third kappa shape index (κ3) is 4.21. The zero-order chi connectivity index (χ0) is 15.6. The van der Waals surface area contributed by atoms with Gasteiger partial charge >= 0.3 is 0 Å². The summed E-state index contributed by atoms with van der Waals surface area (Å²) >= 11 is 0. The van der Waals surface area contributed by atoms with Gasteiger partial charge in [0.15, 0.2) is 0 Å². The van der Waals surface area contributed by atoms with Gasteiger partial charge in [-0.2, -0.15) is 0 Å². The molecule has 2 rings (SSSR count). The van der Waals surface area contributed by atoms with Gasteiger partial charge in [-0.1, -0.05) is 12.1 Å². The van der Waals surface area contributed by atoms with Gasteiger partial charge in [-0.15, -0.1) is 0 Å². The van der Waals surface area contributed by atoms with Crippen molar-refractivity contribution in [3.63, 3.8) is 0 Å². The van der Waals surface area contributed by atoms with Crippen LogP contribution in [0.2, 0.25) is 0 Å². The van der Waals surface area contributed by atoms with E-state index in [1.165, 1.54) is 24.0 Å². The highest BCUT2D eigenvalue weighted by Crippen LogP contribution is 2.34. The maximum Gasteiger partial charge on any atom is 0.125 e. The smallest absolute Gasteiger partial charge is 0.125 e. The van der Waals surface area contributed by atoms with Crippen molar-refractivity contribution in [2.45, 2.75) is 52.7 Å². The van der Waals surface area contributed by atoms with E-state index in [-0.39, 0.29) is 0 Å². The van der Waals surface area contributed by atoms with E-state index in [2.05, 4.69) is 51.8 Å². The van der Waals surface area contributed by atoms with Crippen LogP contribution in [0.15, 0.2) is 12.1 Å². The minimum atomic E-state index is -0.449. The van der Waals surface area contributed by atoms with Crippen LogP contribution in [0.4, 0.5) is 0 Å². The third-order valence-corrected chi connectivity index (χ3v) is 4.79. The fourth-order valence-corrected chi connectivity index (χ4v) is 2.82. The van der Waals surface area contributed by atoms with Gasteiger partial charge in [0.1, 0.15) is 18.5 Å². The Morgan fingerprint density at radius 1 is 1.24 bits per heavy atom. The van der Waals surface area contributed by atoms with Crippen LogP contribution in [0.1, 0.15) is 36.5 Å². The summed E-state index contributed by atoms with van der Waals surface area (Å²) in [6, 6.07) is 4.74. The van der Waals surface area contributed by atoms with Crippen molar-refractivity contribution >= 4 is 0 Å². The van der Waals surface area contributed by atoms with Crippen LogP contribution in [-0.2, 0) is 0 Å². The highest BCUT2D eigenvalue weighted by atomic mass is 16.5. The summed E-state index contributed by atoms with van der Waals surface area (Å²) in [7, 11) is 2.09. The number of hydrogen-bond acceptors (Lipinski definition) is 3. The first-order valence-electron chi connectivity index (χ1n) is 7.98. The lowest BCUT2D eigenvalue weighted by molar-refractivity contribution is 0.0618. The van der Waals surface area contributed by atoms with Crippen molar-refractivity contribution in [1.82, 2.24) is 4.90 Å². The van der Waals surface area contributed by atoms with Gasteiger partial charge in [-0.05, 0) is 70.2 Å². The fourth-order valence-electron chi connectivity index (χ4n) is 2.82. The Balaban J connectivity index is 1.86. The summed E-state index contributed by atoms with van der Waals surface area (Å²) in [4.78, 5) is 2.25. The van der Waals surface area contributed by atoms with Gasteiger partial charge in [0.25, 0.3) is 0 Å². The van der Waals surface area contributed by atoms with Crippen molar-refractivity contribution in [2.75, 3.05) is 20.2 Å². The minimum Gasteiger partial charge on any atom is -0.490 e. The molecule has 1 fully saturated rings. The second-order valence-corrected chi connectivity index (χ2v) is 6.64. The van der Waals surface area contributed by atoms with Crippen LogP contribution >= 0.6 is 0 Å². The molecule has 1 N–H and O–H groups in total. The largest absolute Gasteiger partial charge is 0.490 e. The first kappa shape index (κ1) is 16.3. The van der Waals surface area contributed by atoms with Gasteiger partial charge in [-0.25, -0.2) is 0 Å². The molecule has 0 amide bonds. The molecule has 2 unspecified atom stereocenters. The van der Waals surface area contributed by atoms with Gasteiger partial charge < -0.3 is 14.7 Å². The van der Waals surface area contributed by atoms with E-state index in [9.17, 15) is 5.11 Å². The summed E-state index contributed by atoms with van der Waals surface area (Å²) < 4.78 is 5.89. The highest BCUT2D eigenvalue weighted by Gasteiger charge is 2.31. The molecule has 0 bridgehead atoms. The van der Waals surface area contributed by atoms with E-state index in [1.54, 1.807) is 0 Å². The van der Waals surface area contributed by atoms with Crippen molar-refractivity contribution in [3.8, 4) is 5.75 Å². The molecular formula is C18H29NO2. The fraction of sp³-hybridized carbons (Fsp3) is 0.667. The molecule has 0 radical (unpaired) electrons. The van der Waals surface area contributed by atoms with Crippen LogP contribution in [0.3, 0.4) is 0 Å². The topological polar surface area (TPSA) is 32.7 Å². The molecule has 1 saturated carbocycles. The Hall–Kier alpha value is -1.06. The van der Waals surface area contributed by atoms with Crippen LogP contribution in [0.25, 0.3) is 0 Å². The number of aliphatic hydroxyl groups is 1. The molecule has 0 aliphatic heterocycles. The Morgan fingerprint density at radius 3 is 2.48 bits per heavy atom. The van der Waals surface area contributed by atoms with E-state index in [1.807, 2.05) is 0 Å². The van der Waals surface area contributed by atoms with E-state index < -0.39 is 6.10 Å². The number of aryl methyl sites for hydroxylation is 2. The molecule has 21 heavy (non-hydrogen) atoms. The van der Waals surface area contributed by atoms with E-state index in [0.717, 1.165) is 17.2 Å². The predicted octanol–water partition coefficient (Wildman–Crippen LogP) is 3.08. The summed E-state index contributed by atoms with van der Waals surface area (Å²) in [5, 5.41) is 10.2. The number of nitrogens with zero attached hydrogens (tertiary/aromatic N) is 1. The molecular weight excluding hydrogens is 262 g/mol. The number of ether oxygens (including phenoxy) is 1. The van der Waals surface area contributed by atoms with Crippen LogP contribution in [-0.4, -0.2) is 42.4 Å². The summed E-state index contributed by atoms with van der Waals surface area (Å²) in [5.74, 6) is 1.75. The van der Waals surface area contributed by atoms with E-state index in [0.29, 0.717) is 19.2 Å². The van der Waals surface area contributed by atoms with Crippen LogP contribution < -0.4 is 4.74 Å². The first-order chi connectivity index (χ1) is 9.90. The average molecular weight is 291 g/mol. The Bertz CT molecular complexity index is 482. The normalized spacial score (nSPS) is 17.9. The molecule has 0 heterocycles. The first-order valence-corrected chi connectivity index (χ1v) is 7.98. The summed E-state index contributed by atoms with van der Waals surface area (Å²) in [6.45, 7) is 9.48. The quantitative estimate of drug-likeness (QED) is 0.838. The molecule has 118 valence electrons. The number of benzene rings is 1. The molecule has 1 aliphatic carbocycles. The number of aliphatic hydroxyl groups excluding tert-OH is 1. The zero-order valence-electron chi connectivity index (χ0n) is 14.0. The number of hydrogen-bond donors (Lipinski definition) is 1. The molecule has 0 spiro atoms. The predicted molar refractivity (Wildman–Crippen MR) is 87.0 cm³/mol. The molecule has 3 heteroatoms.